The topological polar surface area (TPSA) is 55.0 Å². The molecule has 0 aliphatic carbocycles. The lowest BCUT2D eigenvalue weighted by Crippen LogP contribution is -2.23. The number of carbonyl (C=O) groups is 1. The van der Waals surface area contributed by atoms with Crippen LogP contribution < -0.4 is 0 Å². The first-order valence-corrected chi connectivity index (χ1v) is 6.38. The molecule has 3 rings (SSSR count). The maximum atomic E-state index is 12.5. The Kier molecular flexibility index (Phi) is 3.06. The van der Waals surface area contributed by atoms with E-state index in [0.29, 0.717) is 29.4 Å². The Balaban J connectivity index is 2.01. The van der Waals surface area contributed by atoms with Crippen molar-refractivity contribution in [3.63, 3.8) is 0 Å². The molecule has 2 aromatic rings. The van der Waals surface area contributed by atoms with Crippen molar-refractivity contribution in [3.8, 4) is 0 Å². The van der Waals surface area contributed by atoms with E-state index in [1.165, 1.54) is 0 Å². The second-order valence-electron chi connectivity index (χ2n) is 4.47. The van der Waals surface area contributed by atoms with E-state index in [-0.39, 0.29) is 11.7 Å². The average molecular weight is 265 g/mol. The Bertz CT molecular complexity index is 588. The van der Waals surface area contributed by atoms with Crippen molar-refractivity contribution in [2.75, 3.05) is 13.2 Å². The smallest absolute Gasteiger partial charge is 0.168 e. The predicted molar refractivity (Wildman–Crippen MR) is 69.0 cm³/mol. The van der Waals surface area contributed by atoms with Gasteiger partial charge >= 0.3 is 0 Å². The first kappa shape index (κ1) is 11.7. The fourth-order valence-electron chi connectivity index (χ4n) is 2.39. The van der Waals surface area contributed by atoms with Crippen LogP contribution in [0.15, 0.2) is 18.5 Å². The third-order valence-corrected chi connectivity index (χ3v) is 3.70. The largest absolute Gasteiger partial charge is 0.381 e. The number of nitrogens with zero attached hydrogens (tertiary/aromatic N) is 1. The number of ether oxygens (including phenoxy) is 1. The van der Waals surface area contributed by atoms with Gasteiger partial charge in [0.1, 0.15) is 5.65 Å². The number of rotatable bonds is 2. The van der Waals surface area contributed by atoms with Gasteiger partial charge < -0.3 is 9.72 Å². The number of Topliss-reactive ketones (excluding diaryl/α,β-unsaturated/α-hetero) is 1. The van der Waals surface area contributed by atoms with Gasteiger partial charge in [-0.15, -0.1) is 0 Å². The lowest BCUT2D eigenvalue weighted by molar-refractivity contribution is 0.0546. The van der Waals surface area contributed by atoms with Crippen LogP contribution in [0.5, 0.6) is 0 Å². The summed E-state index contributed by atoms with van der Waals surface area (Å²) in [5.41, 5.74) is 1.31. The zero-order chi connectivity index (χ0) is 12.5. The molecule has 0 amide bonds. The number of hydrogen-bond donors (Lipinski definition) is 1. The van der Waals surface area contributed by atoms with E-state index in [2.05, 4.69) is 9.97 Å². The molecule has 1 N–H and O–H groups in total. The third kappa shape index (κ3) is 1.91. The number of H-pyrrole nitrogens is 1. The van der Waals surface area contributed by atoms with Gasteiger partial charge in [0, 0.05) is 42.5 Å². The molecule has 94 valence electrons. The average Bonchev–Trinajstić information content (AvgIpc) is 2.84. The van der Waals surface area contributed by atoms with Gasteiger partial charge in [0.2, 0.25) is 0 Å². The number of aromatic nitrogens is 2. The Morgan fingerprint density at radius 1 is 1.44 bits per heavy atom. The summed E-state index contributed by atoms with van der Waals surface area (Å²) in [6, 6.07) is 1.71. The number of halogens is 1. The lowest BCUT2D eigenvalue weighted by Gasteiger charge is -2.20. The van der Waals surface area contributed by atoms with Crippen molar-refractivity contribution >= 4 is 28.4 Å². The number of hydrogen-bond acceptors (Lipinski definition) is 3. The molecule has 3 heterocycles. The lowest BCUT2D eigenvalue weighted by atomic mass is 9.91. The van der Waals surface area contributed by atoms with Gasteiger partial charge in [0.05, 0.1) is 5.02 Å². The van der Waals surface area contributed by atoms with Gasteiger partial charge in [-0.25, -0.2) is 4.98 Å². The minimum Gasteiger partial charge on any atom is -0.381 e. The van der Waals surface area contributed by atoms with E-state index < -0.39 is 0 Å². The molecule has 2 aromatic heterocycles. The maximum absolute atomic E-state index is 12.5. The van der Waals surface area contributed by atoms with Crippen molar-refractivity contribution in [2.45, 2.75) is 12.8 Å². The Morgan fingerprint density at radius 3 is 3.00 bits per heavy atom. The summed E-state index contributed by atoms with van der Waals surface area (Å²) in [6.45, 7) is 1.31. The summed E-state index contributed by atoms with van der Waals surface area (Å²) >= 11 is 6.15. The second-order valence-corrected chi connectivity index (χ2v) is 4.88. The molecule has 0 aromatic carbocycles. The van der Waals surface area contributed by atoms with Crippen LogP contribution in [0.2, 0.25) is 5.02 Å². The number of carbonyl (C=O) groups excluding carboxylic acids is 1. The second kappa shape index (κ2) is 4.71. The molecule has 1 aliphatic heterocycles. The van der Waals surface area contributed by atoms with Crippen LogP contribution in [-0.2, 0) is 4.74 Å². The van der Waals surface area contributed by atoms with Crippen LogP contribution in [0.4, 0.5) is 0 Å². The number of aromatic amines is 1. The highest BCUT2D eigenvalue weighted by Crippen LogP contribution is 2.29. The van der Waals surface area contributed by atoms with E-state index in [1.54, 1.807) is 18.5 Å². The molecule has 0 atom stereocenters. The molecule has 0 saturated carbocycles. The fourth-order valence-corrected chi connectivity index (χ4v) is 2.64. The van der Waals surface area contributed by atoms with E-state index in [4.69, 9.17) is 16.3 Å². The van der Waals surface area contributed by atoms with Crippen molar-refractivity contribution in [1.82, 2.24) is 9.97 Å². The minimum absolute atomic E-state index is 0.0361. The molecule has 0 bridgehead atoms. The summed E-state index contributed by atoms with van der Waals surface area (Å²) in [5.74, 6) is 0.175. The van der Waals surface area contributed by atoms with E-state index in [1.807, 2.05) is 0 Å². The summed E-state index contributed by atoms with van der Waals surface area (Å²) in [6.07, 6.45) is 4.90. The highest BCUT2D eigenvalue weighted by Gasteiger charge is 2.25. The van der Waals surface area contributed by atoms with E-state index in [9.17, 15) is 4.79 Å². The minimum atomic E-state index is 0.0361. The summed E-state index contributed by atoms with van der Waals surface area (Å²) in [7, 11) is 0. The monoisotopic (exact) mass is 264 g/mol. The first-order chi connectivity index (χ1) is 8.77. The number of fused-ring (bicyclic) bond motifs is 1. The zero-order valence-corrected chi connectivity index (χ0v) is 10.5. The van der Waals surface area contributed by atoms with Gasteiger partial charge in [0.25, 0.3) is 0 Å². The van der Waals surface area contributed by atoms with E-state index in [0.717, 1.165) is 18.2 Å². The van der Waals surface area contributed by atoms with Crippen molar-refractivity contribution < 1.29 is 9.53 Å². The summed E-state index contributed by atoms with van der Waals surface area (Å²) in [5, 5.41) is 1.30. The van der Waals surface area contributed by atoms with Crippen LogP contribution in [0.25, 0.3) is 11.0 Å². The van der Waals surface area contributed by atoms with Crippen LogP contribution in [0.3, 0.4) is 0 Å². The molecule has 1 aliphatic rings. The van der Waals surface area contributed by atoms with Gasteiger partial charge in [-0.05, 0) is 18.9 Å². The van der Waals surface area contributed by atoms with E-state index >= 15 is 0 Å². The van der Waals surface area contributed by atoms with Crippen LogP contribution in [0, 0.1) is 5.92 Å². The quantitative estimate of drug-likeness (QED) is 0.849. The van der Waals surface area contributed by atoms with Crippen molar-refractivity contribution in [3.05, 3.63) is 29.0 Å². The molecular weight excluding hydrogens is 252 g/mol. The maximum Gasteiger partial charge on any atom is 0.168 e. The predicted octanol–water partition coefficient (Wildman–Crippen LogP) is 2.83. The van der Waals surface area contributed by atoms with Crippen LogP contribution in [-0.4, -0.2) is 29.0 Å². The Morgan fingerprint density at radius 2 is 2.22 bits per heavy atom. The van der Waals surface area contributed by atoms with Crippen molar-refractivity contribution in [2.24, 2.45) is 5.92 Å². The highest BCUT2D eigenvalue weighted by molar-refractivity contribution is 6.36. The fraction of sp³-hybridized carbons (Fsp3) is 0.385. The van der Waals surface area contributed by atoms with Gasteiger partial charge in [-0.3, -0.25) is 4.79 Å². The van der Waals surface area contributed by atoms with Crippen molar-refractivity contribution in [1.29, 1.82) is 0 Å². The van der Waals surface area contributed by atoms with Gasteiger partial charge in [-0.1, -0.05) is 11.6 Å². The molecule has 0 spiro atoms. The number of nitrogens with one attached hydrogen (secondary N) is 1. The number of pyridine rings is 1. The zero-order valence-electron chi connectivity index (χ0n) is 9.78. The number of ketones is 1. The summed E-state index contributed by atoms with van der Waals surface area (Å²) < 4.78 is 5.28. The molecule has 18 heavy (non-hydrogen) atoms. The SMILES string of the molecule is O=C(c1c[nH]c2nccc(Cl)c12)C1CCOCC1. The molecule has 5 heteroatoms. The molecule has 4 nitrogen and oxygen atoms in total. The van der Waals surface area contributed by atoms with Gasteiger partial charge in [-0.2, -0.15) is 0 Å². The molecule has 0 radical (unpaired) electrons. The first-order valence-electron chi connectivity index (χ1n) is 6.01. The molecule has 1 fully saturated rings. The summed E-state index contributed by atoms with van der Waals surface area (Å²) in [4.78, 5) is 19.6. The van der Waals surface area contributed by atoms with Crippen LogP contribution >= 0.6 is 11.6 Å². The third-order valence-electron chi connectivity index (χ3n) is 3.38. The normalized spacial score (nSPS) is 17.2. The standard InChI is InChI=1S/C13H13ClN2O2/c14-10-1-4-15-13-11(10)9(7-16-13)12(17)8-2-5-18-6-3-8/h1,4,7-8H,2-3,5-6H2,(H,15,16). The molecule has 1 saturated heterocycles. The van der Waals surface area contributed by atoms with Crippen LogP contribution in [0.1, 0.15) is 23.2 Å². The molecular formula is C13H13ClN2O2. The Labute approximate surface area is 109 Å². The Hall–Kier alpha value is -1.39. The molecule has 0 unspecified atom stereocenters. The van der Waals surface area contributed by atoms with Gasteiger partial charge in [0.15, 0.2) is 5.78 Å². The highest BCUT2D eigenvalue weighted by atomic mass is 35.5.